The van der Waals surface area contributed by atoms with Gasteiger partial charge in [0.1, 0.15) is 0 Å². The van der Waals surface area contributed by atoms with E-state index in [0.717, 1.165) is 5.56 Å². The van der Waals surface area contributed by atoms with Gasteiger partial charge in [-0.25, -0.2) is 4.79 Å². The third-order valence-electron chi connectivity index (χ3n) is 2.88. The van der Waals surface area contributed by atoms with Crippen molar-refractivity contribution >= 4 is 34.9 Å². The number of esters is 1. The maximum Gasteiger partial charge on any atom is 0.333 e. The van der Waals surface area contributed by atoms with E-state index >= 15 is 0 Å². The Morgan fingerprint density at radius 3 is 2.57 bits per heavy atom. The summed E-state index contributed by atoms with van der Waals surface area (Å²) in [5.74, 6) is -0.361. The fourth-order valence-corrected chi connectivity index (χ4v) is 2.26. The van der Waals surface area contributed by atoms with E-state index in [0.29, 0.717) is 22.3 Å². The second-order valence-electron chi connectivity index (χ2n) is 4.36. The molecule has 5 heteroatoms. The minimum absolute atomic E-state index is 0.313. The zero-order chi connectivity index (χ0) is 15.2. The molecule has 1 atom stereocenters. The third kappa shape index (κ3) is 4.13. The summed E-state index contributed by atoms with van der Waals surface area (Å²) >= 11 is 12.1. The van der Waals surface area contributed by atoms with E-state index in [-0.39, 0.29) is 5.97 Å². The molecule has 110 valence electrons. The molecule has 0 amide bonds. The SMILES string of the molecule is CCOC(=O)C(Nc1cc(Cl)ccc1Cl)c1ccccc1. The number of hydrogen-bond donors (Lipinski definition) is 1. The second-order valence-corrected chi connectivity index (χ2v) is 5.21. The Balaban J connectivity index is 2.32. The normalized spacial score (nSPS) is 11.8. The monoisotopic (exact) mass is 323 g/mol. The lowest BCUT2D eigenvalue weighted by Crippen LogP contribution is -2.23. The summed E-state index contributed by atoms with van der Waals surface area (Å²) in [5, 5.41) is 4.13. The summed E-state index contributed by atoms with van der Waals surface area (Å²) < 4.78 is 5.12. The average Bonchev–Trinajstić information content (AvgIpc) is 2.49. The lowest BCUT2D eigenvalue weighted by molar-refractivity contribution is -0.144. The zero-order valence-electron chi connectivity index (χ0n) is 11.5. The Morgan fingerprint density at radius 2 is 1.90 bits per heavy atom. The van der Waals surface area contributed by atoms with Gasteiger partial charge < -0.3 is 10.1 Å². The van der Waals surface area contributed by atoms with Gasteiger partial charge in [0.25, 0.3) is 0 Å². The number of anilines is 1. The third-order valence-corrected chi connectivity index (χ3v) is 3.45. The molecule has 0 fully saturated rings. The van der Waals surface area contributed by atoms with Crippen LogP contribution in [0.15, 0.2) is 48.5 Å². The summed E-state index contributed by atoms with van der Waals surface area (Å²) in [7, 11) is 0. The Morgan fingerprint density at radius 1 is 1.19 bits per heavy atom. The smallest absolute Gasteiger partial charge is 0.333 e. The van der Waals surface area contributed by atoms with Crippen molar-refractivity contribution in [3.63, 3.8) is 0 Å². The molecule has 0 bridgehead atoms. The van der Waals surface area contributed by atoms with Crippen LogP contribution in [0.2, 0.25) is 10.0 Å². The molecule has 0 aliphatic rings. The molecule has 0 spiro atoms. The predicted octanol–water partition coefficient (Wildman–Crippen LogP) is 4.71. The molecular weight excluding hydrogens is 309 g/mol. The number of nitrogens with one attached hydrogen (secondary N) is 1. The van der Waals surface area contributed by atoms with Crippen molar-refractivity contribution in [3.05, 3.63) is 64.1 Å². The molecule has 0 saturated carbocycles. The number of carbonyl (C=O) groups is 1. The van der Waals surface area contributed by atoms with E-state index in [1.54, 1.807) is 25.1 Å². The van der Waals surface area contributed by atoms with Crippen molar-refractivity contribution in [1.29, 1.82) is 0 Å². The molecule has 1 unspecified atom stereocenters. The first kappa shape index (κ1) is 15.7. The summed E-state index contributed by atoms with van der Waals surface area (Å²) in [4.78, 5) is 12.2. The first-order valence-electron chi connectivity index (χ1n) is 6.55. The van der Waals surface area contributed by atoms with Crippen LogP contribution >= 0.6 is 23.2 Å². The molecule has 0 aliphatic heterocycles. The highest BCUT2D eigenvalue weighted by Gasteiger charge is 2.22. The van der Waals surface area contributed by atoms with Crippen molar-refractivity contribution in [2.75, 3.05) is 11.9 Å². The number of hydrogen-bond acceptors (Lipinski definition) is 3. The highest BCUT2D eigenvalue weighted by molar-refractivity contribution is 6.35. The van der Waals surface area contributed by atoms with E-state index in [4.69, 9.17) is 27.9 Å². The Labute approximate surface area is 133 Å². The summed E-state index contributed by atoms with van der Waals surface area (Å²) in [6.45, 7) is 2.08. The molecule has 21 heavy (non-hydrogen) atoms. The van der Waals surface area contributed by atoms with E-state index in [1.807, 2.05) is 30.3 Å². The Kier molecular flexibility index (Phi) is 5.48. The topological polar surface area (TPSA) is 38.3 Å². The van der Waals surface area contributed by atoms with E-state index in [9.17, 15) is 4.79 Å². The minimum Gasteiger partial charge on any atom is -0.464 e. The molecule has 3 nitrogen and oxygen atoms in total. The van der Waals surface area contributed by atoms with E-state index in [2.05, 4.69) is 5.32 Å². The molecule has 0 aliphatic carbocycles. The maximum absolute atomic E-state index is 12.2. The fourth-order valence-electron chi connectivity index (χ4n) is 1.91. The molecule has 0 saturated heterocycles. The number of ether oxygens (including phenoxy) is 1. The van der Waals surface area contributed by atoms with Gasteiger partial charge in [0.05, 0.1) is 17.3 Å². The number of halogens is 2. The number of benzene rings is 2. The highest BCUT2D eigenvalue weighted by atomic mass is 35.5. The van der Waals surface area contributed by atoms with Crippen LogP contribution in [0.3, 0.4) is 0 Å². The standard InChI is InChI=1S/C16H15Cl2NO2/c1-2-21-16(20)15(11-6-4-3-5-7-11)19-14-10-12(17)8-9-13(14)18/h3-10,15,19H,2H2,1H3. The molecule has 0 radical (unpaired) electrons. The van der Waals surface area contributed by atoms with Gasteiger partial charge in [0.2, 0.25) is 0 Å². The van der Waals surface area contributed by atoms with Crippen LogP contribution < -0.4 is 5.32 Å². The second kappa shape index (κ2) is 7.34. The van der Waals surface area contributed by atoms with Crippen molar-refractivity contribution < 1.29 is 9.53 Å². The quantitative estimate of drug-likeness (QED) is 0.810. The first-order chi connectivity index (χ1) is 10.1. The van der Waals surface area contributed by atoms with Gasteiger partial charge in [-0.2, -0.15) is 0 Å². The first-order valence-corrected chi connectivity index (χ1v) is 7.30. The Bertz CT molecular complexity index is 617. The molecule has 0 heterocycles. The molecule has 2 aromatic rings. The molecule has 0 aromatic heterocycles. The number of rotatable bonds is 5. The van der Waals surface area contributed by atoms with E-state index < -0.39 is 6.04 Å². The van der Waals surface area contributed by atoms with Gasteiger partial charge in [0, 0.05) is 5.02 Å². The van der Waals surface area contributed by atoms with Crippen LogP contribution in [-0.4, -0.2) is 12.6 Å². The fraction of sp³-hybridized carbons (Fsp3) is 0.188. The van der Waals surface area contributed by atoms with Crippen LogP contribution in [-0.2, 0) is 9.53 Å². The predicted molar refractivity (Wildman–Crippen MR) is 85.9 cm³/mol. The van der Waals surface area contributed by atoms with Crippen molar-refractivity contribution in [3.8, 4) is 0 Å². The van der Waals surface area contributed by atoms with Gasteiger partial charge in [0.15, 0.2) is 6.04 Å². The van der Waals surface area contributed by atoms with Gasteiger partial charge in [-0.3, -0.25) is 0 Å². The van der Waals surface area contributed by atoms with Crippen LogP contribution in [0, 0.1) is 0 Å². The van der Waals surface area contributed by atoms with Gasteiger partial charge in [-0.15, -0.1) is 0 Å². The van der Waals surface area contributed by atoms with Crippen LogP contribution in [0.4, 0.5) is 5.69 Å². The molecule has 1 N–H and O–H groups in total. The maximum atomic E-state index is 12.2. The van der Waals surface area contributed by atoms with Gasteiger partial charge in [-0.1, -0.05) is 53.5 Å². The zero-order valence-corrected chi connectivity index (χ0v) is 13.0. The van der Waals surface area contributed by atoms with Crippen LogP contribution in [0.5, 0.6) is 0 Å². The largest absolute Gasteiger partial charge is 0.464 e. The van der Waals surface area contributed by atoms with Crippen molar-refractivity contribution in [2.45, 2.75) is 13.0 Å². The Hall–Kier alpha value is -1.71. The molecule has 2 rings (SSSR count). The lowest BCUT2D eigenvalue weighted by Gasteiger charge is -2.19. The van der Waals surface area contributed by atoms with Crippen molar-refractivity contribution in [1.82, 2.24) is 0 Å². The number of carbonyl (C=O) groups excluding carboxylic acids is 1. The van der Waals surface area contributed by atoms with E-state index in [1.165, 1.54) is 0 Å². The molecular formula is C16H15Cl2NO2. The van der Waals surface area contributed by atoms with Gasteiger partial charge in [-0.05, 0) is 30.7 Å². The van der Waals surface area contributed by atoms with Crippen LogP contribution in [0.25, 0.3) is 0 Å². The minimum atomic E-state index is -0.637. The summed E-state index contributed by atoms with van der Waals surface area (Å²) in [6.07, 6.45) is 0. The van der Waals surface area contributed by atoms with Crippen LogP contribution in [0.1, 0.15) is 18.5 Å². The molecule has 2 aromatic carbocycles. The highest BCUT2D eigenvalue weighted by Crippen LogP contribution is 2.29. The summed E-state index contributed by atoms with van der Waals surface area (Å²) in [6, 6.07) is 13.7. The summed E-state index contributed by atoms with van der Waals surface area (Å²) in [5.41, 5.74) is 1.39. The lowest BCUT2D eigenvalue weighted by atomic mass is 10.1. The average molecular weight is 324 g/mol. The van der Waals surface area contributed by atoms with Gasteiger partial charge >= 0.3 is 5.97 Å². The van der Waals surface area contributed by atoms with Crippen molar-refractivity contribution in [2.24, 2.45) is 0 Å².